The van der Waals surface area contributed by atoms with Crippen LogP contribution in [-0.2, 0) is 14.6 Å². The topological polar surface area (TPSA) is 92.5 Å². The molecule has 0 aliphatic carbocycles. The van der Waals surface area contributed by atoms with Crippen molar-refractivity contribution in [3.63, 3.8) is 0 Å². The fourth-order valence-corrected chi connectivity index (χ4v) is 3.06. The van der Waals surface area contributed by atoms with Crippen LogP contribution in [0.5, 0.6) is 0 Å². The molecule has 7 heteroatoms. The summed E-state index contributed by atoms with van der Waals surface area (Å²) in [6, 6.07) is 0.357. The highest BCUT2D eigenvalue weighted by Crippen LogP contribution is 2.03. The zero-order chi connectivity index (χ0) is 12.9. The van der Waals surface area contributed by atoms with Crippen molar-refractivity contribution in [2.45, 2.75) is 19.4 Å². The van der Waals surface area contributed by atoms with Gasteiger partial charge in [-0.25, -0.2) is 8.42 Å². The number of sulfone groups is 1. The van der Waals surface area contributed by atoms with E-state index in [1.54, 1.807) is 0 Å². The lowest BCUT2D eigenvalue weighted by atomic mass is 10.2. The van der Waals surface area contributed by atoms with E-state index in [4.69, 9.17) is 5.73 Å². The second-order valence-corrected chi connectivity index (χ2v) is 6.76. The number of primary amides is 1. The van der Waals surface area contributed by atoms with Gasteiger partial charge in [0.2, 0.25) is 5.91 Å². The SMILES string of the molecule is C[C@@H]1CNCCN1CCS(=O)(=O)CCC(N)=O. The first-order valence-electron chi connectivity index (χ1n) is 5.84. The summed E-state index contributed by atoms with van der Waals surface area (Å²) >= 11 is 0. The van der Waals surface area contributed by atoms with Crippen molar-refractivity contribution in [1.29, 1.82) is 0 Å². The number of nitrogens with zero attached hydrogens (tertiary/aromatic N) is 1. The van der Waals surface area contributed by atoms with Crippen molar-refractivity contribution in [2.24, 2.45) is 5.73 Å². The third-order valence-electron chi connectivity index (χ3n) is 2.99. The van der Waals surface area contributed by atoms with Gasteiger partial charge in [-0.3, -0.25) is 9.69 Å². The molecule has 0 aromatic carbocycles. The van der Waals surface area contributed by atoms with Crippen LogP contribution in [-0.4, -0.2) is 63.0 Å². The molecule has 17 heavy (non-hydrogen) atoms. The molecule has 3 N–H and O–H groups in total. The summed E-state index contributed by atoms with van der Waals surface area (Å²) < 4.78 is 23.3. The minimum atomic E-state index is -3.16. The Bertz CT molecular complexity index is 356. The molecule has 100 valence electrons. The van der Waals surface area contributed by atoms with E-state index in [0.29, 0.717) is 12.6 Å². The number of carbonyl (C=O) groups is 1. The third-order valence-corrected chi connectivity index (χ3v) is 4.62. The lowest BCUT2D eigenvalue weighted by Gasteiger charge is -2.33. The summed E-state index contributed by atoms with van der Waals surface area (Å²) in [6.07, 6.45) is -0.0839. The molecular formula is C10H21N3O3S. The summed E-state index contributed by atoms with van der Waals surface area (Å²) in [5.74, 6) is -0.600. The van der Waals surface area contributed by atoms with Crippen LogP contribution in [0.3, 0.4) is 0 Å². The molecule has 1 fully saturated rings. The maximum Gasteiger partial charge on any atom is 0.218 e. The molecule has 0 spiro atoms. The van der Waals surface area contributed by atoms with Gasteiger partial charge in [-0.1, -0.05) is 0 Å². The molecule has 0 radical (unpaired) electrons. The molecule has 1 aliphatic rings. The van der Waals surface area contributed by atoms with E-state index in [1.807, 2.05) is 0 Å². The van der Waals surface area contributed by atoms with Gasteiger partial charge >= 0.3 is 0 Å². The highest BCUT2D eigenvalue weighted by molar-refractivity contribution is 7.91. The number of nitrogens with two attached hydrogens (primary N) is 1. The van der Waals surface area contributed by atoms with E-state index in [0.717, 1.165) is 19.6 Å². The average Bonchev–Trinajstić information content (AvgIpc) is 2.26. The largest absolute Gasteiger partial charge is 0.370 e. The van der Waals surface area contributed by atoms with Crippen LogP contribution >= 0.6 is 0 Å². The zero-order valence-electron chi connectivity index (χ0n) is 10.2. The fraction of sp³-hybridized carbons (Fsp3) is 0.900. The Labute approximate surface area is 102 Å². The summed E-state index contributed by atoms with van der Waals surface area (Å²) in [5.41, 5.74) is 4.94. The van der Waals surface area contributed by atoms with Gasteiger partial charge in [0.05, 0.1) is 11.5 Å². The molecule has 1 heterocycles. The minimum Gasteiger partial charge on any atom is -0.370 e. The second kappa shape index (κ2) is 6.32. The lowest BCUT2D eigenvalue weighted by Crippen LogP contribution is -2.51. The number of rotatable bonds is 6. The van der Waals surface area contributed by atoms with Crippen LogP contribution in [0, 0.1) is 0 Å². The highest BCUT2D eigenvalue weighted by Gasteiger charge is 2.20. The van der Waals surface area contributed by atoms with Gasteiger partial charge in [-0.15, -0.1) is 0 Å². The number of piperazine rings is 1. The monoisotopic (exact) mass is 263 g/mol. The molecule has 1 saturated heterocycles. The average molecular weight is 263 g/mol. The van der Waals surface area contributed by atoms with E-state index in [-0.39, 0.29) is 17.9 Å². The highest BCUT2D eigenvalue weighted by atomic mass is 32.2. The van der Waals surface area contributed by atoms with Gasteiger partial charge in [0.15, 0.2) is 9.84 Å². The Hall–Kier alpha value is -0.660. The van der Waals surface area contributed by atoms with Crippen LogP contribution in [0.25, 0.3) is 0 Å². The Morgan fingerprint density at radius 3 is 2.76 bits per heavy atom. The van der Waals surface area contributed by atoms with Gasteiger partial charge in [0, 0.05) is 38.6 Å². The van der Waals surface area contributed by atoms with E-state index < -0.39 is 15.7 Å². The molecule has 1 rings (SSSR count). The fourth-order valence-electron chi connectivity index (χ4n) is 1.83. The summed E-state index contributed by atoms with van der Waals surface area (Å²) in [5, 5.41) is 3.25. The number of nitrogens with one attached hydrogen (secondary N) is 1. The first-order valence-corrected chi connectivity index (χ1v) is 7.66. The Balaban J connectivity index is 2.35. The van der Waals surface area contributed by atoms with Gasteiger partial charge in [0.25, 0.3) is 0 Å². The summed E-state index contributed by atoms with van der Waals surface area (Å²) in [6.45, 7) is 5.26. The number of carbonyl (C=O) groups excluding carboxylic acids is 1. The Morgan fingerprint density at radius 2 is 2.18 bits per heavy atom. The van der Waals surface area contributed by atoms with Gasteiger partial charge in [-0.2, -0.15) is 0 Å². The second-order valence-electron chi connectivity index (χ2n) is 4.46. The molecular weight excluding hydrogens is 242 g/mol. The van der Waals surface area contributed by atoms with Crippen LogP contribution in [0.2, 0.25) is 0 Å². The van der Waals surface area contributed by atoms with E-state index >= 15 is 0 Å². The smallest absolute Gasteiger partial charge is 0.218 e. The Kier molecular flexibility index (Phi) is 5.35. The van der Waals surface area contributed by atoms with Crippen molar-refractivity contribution in [2.75, 3.05) is 37.7 Å². The maximum atomic E-state index is 11.6. The molecule has 1 amide bonds. The zero-order valence-corrected chi connectivity index (χ0v) is 11.0. The van der Waals surface area contributed by atoms with Crippen molar-refractivity contribution < 1.29 is 13.2 Å². The quantitative estimate of drug-likeness (QED) is 0.613. The molecule has 0 aromatic heterocycles. The molecule has 0 bridgehead atoms. The standard InChI is InChI=1S/C10H21N3O3S/c1-9-8-12-3-4-13(9)5-7-17(15,16)6-2-10(11)14/h9,12H,2-8H2,1H3,(H2,11,14)/t9-/m1/s1. The summed E-state index contributed by atoms with van der Waals surface area (Å²) in [7, 11) is -3.16. The number of hydrogen-bond donors (Lipinski definition) is 2. The molecule has 0 unspecified atom stereocenters. The number of amides is 1. The number of hydrogen-bond acceptors (Lipinski definition) is 5. The van der Waals surface area contributed by atoms with Crippen LogP contribution in [0.15, 0.2) is 0 Å². The van der Waals surface area contributed by atoms with Gasteiger partial charge in [-0.05, 0) is 6.92 Å². The normalized spacial score (nSPS) is 22.5. The van der Waals surface area contributed by atoms with Crippen molar-refractivity contribution in [3.05, 3.63) is 0 Å². The lowest BCUT2D eigenvalue weighted by molar-refractivity contribution is -0.117. The molecule has 0 aromatic rings. The van der Waals surface area contributed by atoms with Crippen molar-refractivity contribution in [1.82, 2.24) is 10.2 Å². The van der Waals surface area contributed by atoms with Gasteiger partial charge in [0.1, 0.15) is 0 Å². The van der Waals surface area contributed by atoms with Crippen molar-refractivity contribution in [3.8, 4) is 0 Å². The minimum absolute atomic E-state index is 0.0839. The third kappa shape index (κ3) is 5.47. The van der Waals surface area contributed by atoms with Crippen LogP contribution < -0.4 is 11.1 Å². The molecule has 1 atom stereocenters. The Morgan fingerprint density at radius 1 is 1.47 bits per heavy atom. The predicted octanol–water partition coefficient (Wildman–Crippen LogP) is -1.43. The van der Waals surface area contributed by atoms with E-state index in [1.165, 1.54) is 0 Å². The first-order chi connectivity index (χ1) is 7.91. The van der Waals surface area contributed by atoms with Crippen LogP contribution in [0.1, 0.15) is 13.3 Å². The molecule has 0 saturated carbocycles. The van der Waals surface area contributed by atoms with E-state index in [9.17, 15) is 13.2 Å². The van der Waals surface area contributed by atoms with E-state index in [2.05, 4.69) is 17.1 Å². The molecule has 1 aliphatic heterocycles. The summed E-state index contributed by atoms with van der Waals surface area (Å²) in [4.78, 5) is 12.7. The predicted molar refractivity (Wildman–Crippen MR) is 66.4 cm³/mol. The van der Waals surface area contributed by atoms with Crippen molar-refractivity contribution >= 4 is 15.7 Å². The first kappa shape index (κ1) is 14.4. The van der Waals surface area contributed by atoms with Crippen LogP contribution in [0.4, 0.5) is 0 Å². The maximum absolute atomic E-state index is 11.6. The molecule has 6 nitrogen and oxygen atoms in total. The van der Waals surface area contributed by atoms with Gasteiger partial charge < -0.3 is 11.1 Å².